The van der Waals surface area contributed by atoms with Crippen LogP contribution >= 0.6 is 27.7 Å². The van der Waals surface area contributed by atoms with Gasteiger partial charge in [-0.25, -0.2) is 5.43 Å². The van der Waals surface area contributed by atoms with E-state index >= 15 is 0 Å². The molecule has 1 N–H and O–H groups in total. The van der Waals surface area contributed by atoms with Crippen LogP contribution < -0.4 is 10.2 Å². The zero-order valence-corrected chi connectivity index (χ0v) is 17.8. The van der Waals surface area contributed by atoms with E-state index in [-0.39, 0.29) is 5.91 Å². The van der Waals surface area contributed by atoms with E-state index in [1.807, 2.05) is 25.1 Å². The first-order chi connectivity index (χ1) is 12.4. The van der Waals surface area contributed by atoms with Gasteiger partial charge in [-0.15, -0.1) is 11.8 Å². The molecule has 138 valence electrons. The van der Waals surface area contributed by atoms with E-state index in [1.54, 1.807) is 18.9 Å². The molecule has 0 aliphatic carbocycles. The maximum Gasteiger partial charge on any atom is 0.250 e. The third kappa shape index (κ3) is 6.18. The summed E-state index contributed by atoms with van der Waals surface area (Å²) in [5, 5.41) is 4.19. The normalized spacial score (nSPS) is 11.3. The second kappa shape index (κ2) is 9.78. The first-order valence-corrected chi connectivity index (χ1v) is 10.2. The standard InChI is InChI=1S/C20H23BrN2O2S/c1-13-7-14(2)9-16(8-13)11-26-12-20(24)23-22-15(3)17-5-6-19(25-4)18(21)10-17/h5-10H,11-12H2,1-4H3,(H,23,24)/b22-15-. The van der Waals surface area contributed by atoms with E-state index in [0.29, 0.717) is 5.75 Å². The van der Waals surface area contributed by atoms with Gasteiger partial charge in [-0.2, -0.15) is 5.10 Å². The summed E-state index contributed by atoms with van der Waals surface area (Å²) in [4.78, 5) is 12.0. The Morgan fingerprint density at radius 3 is 2.50 bits per heavy atom. The fourth-order valence-corrected chi connectivity index (χ4v) is 3.84. The van der Waals surface area contributed by atoms with E-state index in [4.69, 9.17) is 4.74 Å². The van der Waals surface area contributed by atoms with Crippen LogP contribution in [0, 0.1) is 13.8 Å². The molecule has 0 spiro atoms. The highest BCUT2D eigenvalue weighted by Crippen LogP contribution is 2.25. The Morgan fingerprint density at radius 1 is 1.19 bits per heavy atom. The molecular formula is C20H23BrN2O2S. The highest BCUT2D eigenvalue weighted by molar-refractivity contribution is 9.10. The Balaban J connectivity index is 1.85. The molecule has 0 saturated carbocycles. The Bertz CT molecular complexity index is 801. The number of methoxy groups -OCH3 is 1. The van der Waals surface area contributed by atoms with Crippen LogP contribution in [0.5, 0.6) is 5.75 Å². The number of carbonyl (C=O) groups excluding carboxylic acids is 1. The van der Waals surface area contributed by atoms with Crippen LogP contribution in [0.1, 0.15) is 29.2 Å². The summed E-state index contributed by atoms with van der Waals surface area (Å²) in [6.45, 7) is 6.03. The van der Waals surface area contributed by atoms with Gasteiger partial charge in [0, 0.05) is 5.75 Å². The van der Waals surface area contributed by atoms with E-state index in [1.165, 1.54) is 16.7 Å². The van der Waals surface area contributed by atoms with Gasteiger partial charge in [-0.05, 0) is 66.0 Å². The monoisotopic (exact) mass is 434 g/mol. The predicted molar refractivity (Wildman–Crippen MR) is 113 cm³/mol. The van der Waals surface area contributed by atoms with Crippen molar-refractivity contribution in [2.24, 2.45) is 5.10 Å². The second-order valence-corrected chi connectivity index (χ2v) is 7.91. The van der Waals surface area contributed by atoms with Gasteiger partial charge in [0.2, 0.25) is 5.91 Å². The molecule has 4 nitrogen and oxygen atoms in total. The smallest absolute Gasteiger partial charge is 0.250 e. The number of amides is 1. The molecule has 0 aliphatic rings. The van der Waals surface area contributed by atoms with Gasteiger partial charge in [0.1, 0.15) is 5.75 Å². The third-order valence-electron chi connectivity index (χ3n) is 3.70. The quantitative estimate of drug-likeness (QED) is 0.500. The lowest BCUT2D eigenvalue weighted by atomic mass is 10.1. The largest absolute Gasteiger partial charge is 0.496 e. The van der Waals surface area contributed by atoms with Crippen LogP contribution in [0.4, 0.5) is 0 Å². The molecule has 0 radical (unpaired) electrons. The van der Waals surface area contributed by atoms with Crippen LogP contribution in [0.2, 0.25) is 0 Å². The number of rotatable bonds is 7. The molecule has 0 fully saturated rings. The first kappa shape index (κ1) is 20.5. The number of thioether (sulfide) groups is 1. The molecule has 2 rings (SSSR count). The number of nitrogens with one attached hydrogen (secondary N) is 1. The van der Waals surface area contributed by atoms with Crippen LogP contribution in [-0.4, -0.2) is 24.5 Å². The van der Waals surface area contributed by atoms with Crippen LogP contribution in [0.25, 0.3) is 0 Å². The molecule has 1 amide bonds. The molecule has 0 saturated heterocycles. The van der Waals surface area contributed by atoms with E-state index in [0.717, 1.165) is 27.3 Å². The Kier molecular flexibility index (Phi) is 7.72. The van der Waals surface area contributed by atoms with Crippen molar-refractivity contribution in [3.63, 3.8) is 0 Å². The number of hydrogen-bond acceptors (Lipinski definition) is 4. The summed E-state index contributed by atoms with van der Waals surface area (Å²) < 4.78 is 6.06. The average molecular weight is 435 g/mol. The fraction of sp³-hybridized carbons (Fsp3) is 0.300. The molecule has 0 bridgehead atoms. The Morgan fingerprint density at radius 2 is 1.88 bits per heavy atom. The molecule has 0 atom stereocenters. The van der Waals surface area contributed by atoms with Crippen molar-refractivity contribution in [3.8, 4) is 5.75 Å². The van der Waals surface area contributed by atoms with Gasteiger partial charge in [-0.3, -0.25) is 4.79 Å². The highest BCUT2D eigenvalue weighted by Gasteiger charge is 2.06. The molecular weight excluding hydrogens is 412 g/mol. The molecule has 26 heavy (non-hydrogen) atoms. The topological polar surface area (TPSA) is 50.7 Å². The highest BCUT2D eigenvalue weighted by atomic mass is 79.9. The van der Waals surface area contributed by atoms with E-state index in [2.05, 4.69) is 58.5 Å². The van der Waals surface area contributed by atoms with Gasteiger partial charge >= 0.3 is 0 Å². The number of hydrazone groups is 1. The lowest BCUT2D eigenvalue weighted by Gasteiger charge is -2.07. The van der Waals surface area contributed by atoms with Crippen molar-refractivity contribution >= 4 is 39.3 Å². The van der Waals surface area contributed by atoms with Gasteiger partial charge in [-0.1, -0.05) is 29.3 Å². The maximum atomic E-state index is 12.0. The summed E-state index contributed by atoms with van der Waals surface area (Å²) in [6, 6.07) is 12.1. The minimum absolute atomic E-state index is 0.105. The summed E-state index contributed by atoms with van der Waals surface area (Å²) in [5.74, 6) is 1.83. The first-order valence-electron chi connectivity index (χ1n) is 8.21. The van der Waals surface area contributed by atoms with Crippen molar-refractivity contribution in [2.45, 2.75) is 26.5 Å². The average Bonchev–Trinajstić information content (AvgIpc) is 2.58. The van der Waals surface area contributed by atoms with E-state index < -0.39 is 0 Å². The Labute approximate surface area is 167 Å². The Hall–Kier alpha value is -1.79. The molecule has 0 unspecified atom stereocenters. The number of aryl methyl sites for hydroxylation is 2. The number of benzene rings is 2. The molecule has 2 aromatic carbocycles. The zero-order valence-electron chi connectivity index (χ0n) is 15.4. The summed E-state index contributed by atoms with van der Waals surface area (Å²) in [5.41, 5.74) is 8.01. The summed E-state index contributed by atoms with van der Waals surface area (Å²) in [7, 11) is 1.62. The SMILES string of the molecule is COc1ccc(/C(C)=N\NC(=O)CSCc2cc(C)cc(C)c2)cc1Br. The molecule has 0 aliphatic heterocycles. The van der Waals surface area contributed by atoms with Crippen molar-refractivity contribution in [1.29, 1.82) is 0 Å². The number of carbonyl (C=O) groups is 1. The van der Waals surface area contributed by atoms with Gasteiger partial charge in [0.15, 0.2) is 0 Å². The van der Waals surface area contributed by atoms with Crippen LogP contribution in [0.15, 0.2) is 46.0 Å². The number of hydrogen-bond donors (Lipinski definition) is 1. The minimum Gasteiger partial charge on any atom is -0.496 e. The number of nitrogens with zero attached hydrogens (tertiary/aromatic N) is 1. The van der Waals surface area contributed by atoms with Crippen molar-refractivity contribution in [3.05, 3.63) is 63.1 Å². The van der Waals surface area contributed by atoms with Gasteiger partial charge in [0.25, 0.3) is 0 Å². The third-order valence-corrected chi connectivity index (χ3v) is 5.32. The zero-order chi connectivity index (χ0) is 19.1. The molecule has 0 aromatic heterocycles. The number of ether oxygens (including phenoxy) is 1. The van der Waals surface area contributed by atoms with E-state index in [9.17, 15) is 4.79 Å². The molecule has 6 heteroatoms. The maximum absolute atomic E-state index is 12.0. The minimum atomic E-state index is -0.105. The lowest BCUT2D eigenvalue weighted by molar-refractivity contribution is -0.118. The van der Waals surface area contributed by atoms with Gasteiger partial charge < -0.3 is 4.74 Å². The van der Waals surface area contributed by atoms with Gasteiger partial charge in [0.05, 0.1) is 23.0 Å². The number of halogens is 1. The fourth-order valence-electron chi connectivity index (χ4n) is 2.55. The lowest BCUT2D eigenvalue weighted by Crippen LogP contribution is -2.21. The molecule has 2 aromatic rings. The predicted octanol–water partition coefficient (Wildman–Crippen LogP) is 4.85. The van der Waals surface area contributed by atoms with Crippen LogP contribution in [-0.2, 0) is 10.5 Å². The van der Waals surface area contributed by atoms with Crippen molar-refractivity contribution < 1.29 is 9.53 Å². The molecule has 0 heterocycles. The van der Waals surface area contributed by atoms with Crippen molar-refractivity contribution in [2.75, 3.05) is 12.9 Å². The summed E-state index contributed by atoms with van der Waals surface area (Å²) >= 11 is 5.03. The second-order valence-electron chi connectivity index (χ2n) is 6.07. The van der Waals surface area contributed by atoms with Crippen LogP contribution in [0.3, 0.4) is 0 Å². The summed E-state index contributed by atoms with van der Waals surface area (Å²) in [6.07, 6.45) is 0. The van der Waals surface area contributed by atoms with Crippen molar-refractivity contribution in [1.82, 2.24) is 5.43 Å².